The Hall–Kier alpha value is -6.11. The molecule has 0 saturated carbocycles. The maximum Gasteiger partial charge on any atom is 0.193 e. The van der Waals surface area contributed by atoms with Gasteiger partial charge in [0.25, 0.3) is 0 Å². The first-order valence-electron chi connectivity index (χ1n) is 17.7. The van der Waals surface area contributed by atoms with Crippen molar-refractivity contribution in [2.45, 2.75) is 26.3 Å². The maximum absolute atomic E-state index is 13.5. The van der Waals surface area contributed by atoms with Crippen molar-refractivity contribution < 1.29 is 32.2 Å². The Kier molecular flexibility index (Phi) is 11.5. The van der Waals surface area contributed by atoms with E-state index in [0.29, 0.717) is 92.2 Å². The van der Waals surface area contributed by atoms with Gasteiger partial charge in [0.1, 0.15) is 46.6 Å². The normalized spacial score (nSPS) is 11.4. The second kappa shape index (κ2) is 17.1. The first-order chi connectivity index (χ1) is 26.4. The van der Waals surface area contributed by atoms with Crippen LogP contribution in [0.25, 0.3) is 44.6 Å². The monoisotopic (exact) mass is 731 g/mol. The number of halogens is 1. The molecule has 0 amide bonds. The molecule has 0 saturated heterocycles. The van der Waals surface area contributed by atoms with E-state index in [1.165, 1.54) is 30.3 Å². The molecule has 54 heavy (non-hydrogen) atoms. The van der Waals surface area contributed by atoms with Crippen molar-refractivity contribution in [1.29, 1.82) is 0 Å². The average molecular weight is 732 g/mol. The summed E-state index contributed by atoms with van der Waals surface area (Å²) in [7, 11) is 0. The van der Waals surface area contributed by atoms with Gasteiger partial charge in [0.2, 0.25) is 0 Å². The predicted octanol–water partition coefficient (Wildman–Crippen LogP) is 7.40. The van der Waals surface area contributed by atoms with Crippen LogP contribution in [0.15, 0.2) is 122 Å². The van der Waals surface area contributed by atoms with Crippen molar-refractivity contribution in [3.8, 4) is 34.1 Å². The smallest absolute Gasteiger partial charge is 0.193 e. The van der Waals surface area contributed by atoms with Crippen LogP contribution < -0.4 is 20.3 Å². The average Bonchev–Trinajstić information content (AvgIpc) is 3.64. The van der Waals surface area contributed by atoms with Crippen molar-refractivity contribution in [3.63, 3.8) is 0 Å². The maximum atomic E-state index is 13.5. The molecule has 3 aromatic heterocycles. The minimum atomic E-state index is -0.481. The molecule has 0 atom stereocenters. The summed E-state index contributed by atoms with van der Waals surface area (Å²) in [4.78, 5) is 25.0. The molecule has 7 aromatic rings. The molecule has 0 aliphatic heterocycles. The van der Waals surface area contributed by atoms with Crippen LogP contribution in [0.3, 0.4) is 0 Å². The zero-order chi connectivity index (χ0) is 37.3. The fourth-order valence-corrected chi connectivity index (χ4v) is 5.82. The summed E-state index contributed by atoms with van der Waals surface area (Å²) >= 11 is 0. The zero-order valence-electron chi connectivity index (χ0n) is 29.7. The molecule has 0 radical (unpaired) electrons. The molecule has 0 aliphatic rings. The van der Waals surface area contributed by atoms with Gasteiger partial charge in [-0.2, -0.15) is 0 Å². The number of fused-ring (bicyclic) bond motifs is 2. The lowest BCUT2D eigenvalue weighted by atomic mass is 10.1. The number of hydrogen-bond acceptors (Lipinski definition) is 10. The molecular formula is C42H38FN3O8. The van der Waals surface area contributed by atoms with Gasteiger partial charge in [-0.05, 0) is 98.6 Å². The molecule has 4 aromatic carbocycles. The van der Waals surface area contributed by atoms with Crippen molar-refractivity contribution >= 4 is 21.9 Å². The highest BCUT2D eigenvalue weighted by atomic mass is 19.1. The van der Waals surface area contributed by atoms with Gasteiger partial charge >= 0.3 is 0 Å². The summed E-state index contributed by atoms with van der Waals surface area (Å²) in [6, 6.07) is 27.0. The Morgan fingerprint density at radius 2 is 1.22 bits per heavy atom. The summed E-state index contributed by atoms with van der Waals surface area (Å²) in [5.41, 5.74) is 3.92. The number of rotatable bonds is 17. The van der Waals surface area contributed by atoms with E-state index in [4.69, 9.17) is 27.8 Å². The number of benzene rings is 4. The van der Waals surface area contributed by atoms with E-state index in [9.17, 15) is 14.0 Å². The SMILES string of the molecule is Cc1ccc2oc(-c3ccc(OCCOCCOCCn4cc(CCCOc5ccc(-c6cc(=O)c7cc(F)ccc7o6)cc5)nn4)cc3)cc(=O)c2c1. The summed E-state index contributed by atoms with van der Waals surface area (Å²) < 4.78 is 50.0. The van der Waals surface area contributed by atoms with E-state index in [2.05, 4.69) is 10.3 Å². The Balaban J connectivity index is 0.738. The Morgan fingerprint density at radius 1 is 0.648 bits per heavy atom. The zero-order valence-corrected chi connectivity index (χ0v) is 29.7. The van der Waals surface area contributed by atoms with Crippen molar-refractivity contribution in [3.05, 3.63) is 141 Å². The van der Waals surface area contributed by atoms with E-state index in [1.54, 1.807) is 4.68 Å². The van der Waals surface area contributed by atoms with Gasteiger partial charge in [-0.15, -0.1) is 5.10 Å². The second-order valence-electron chi connectivity index (χ2n) is 12.6. The third kappa shape index (κ3) is 9.27. The van der Waals surface area contributed by atoms with Crippen molar-refractivity contribution in [2.24, 2.45) is 0 Å². The molecule has 12 heteroatoms. The van der Waals surface area contributed by atoms with Gasteiger partial charge in [-0.1, -0.05) is 16.8 Å². The quantitative estimate of drug-likeness (QED) is 0.0875. The standard InChI is InChI=1S/C42H38FN3O8/c1-28-4-14-39-35(23-28)37(47)25-41(53-39)30-7-12-34(13-8-30)52-22-21-50-20-19-49-18-16-46-27-32(44-45-46)3-2-17-51-33-10-5-29(6-11-33)42-26-38(48)36-24-31(43)9-15-40(36)54-42/h4-15,23-27H,2-3,16-22H2,1H3. The Labute approximate surface area is 309 Å². The summed E-state index contributed by atoms with van der Waals surface area (Å²) in [5.74, 6) is 1.82. The van der Waals surface area contributed by atoms with Crippen LogP contribution >= 0.6 is 0 Å². The van der Waals surface area contributed by atoms with E-state index in [-0.39, 0.29) is 16.2 Å². The van der Waals surface area contributed by atoms with Gasteiger partial charge < -0.3 is 27.8 Å². The number of aromatic nitrogens is 3. The highest BCUT2D eigenvalue weighted by Crippen LogP contribution is 2.26. The highest BCUT2D eigenvalue weighted by Gasteiger charge is 2.10. The number of aryl methyl sites for hydroxylation is 2. The van der Waals surface area contributed by atoms with Gasteiger partial charge in [0, 0.05) is 29.5 Å². The first kappa shape index (κ1) is 36.3. The van der Waals surface area contributed by atoms with Crippen LogP contribution in [0.1, 0.15) is 17.7 Å². The van der Waals surface area contributed by atoms with Crippen LogP contribution in [0.5, 0.6) is 11.5 Å². The van der Waals surface area contributed by atoms with Gasteiger partial charge in [-0.3, -0.25) is 9.59 Å². The molecular weight excluding hydrogens is 693 g/mol. The summed E-state index contributed by atoms with van der Waals surface area (Å²) in [5, 5.41) is 9.20. The Morgan fingerprint density at radius 3 is 1.89 bits per heavy atom. The van der Waals surface area contributed by atoms with Crippen molar-refractivity contribution in [1.82, 2.24) is 15.0 Å². The lowest BCUT2D eigenvalue weighted by Crippen LogP contribution is -2.13. The third-order valence-electron chi connectivity index (χ3n) is 8.61. The van der Waals surface area contributed by atoms with Crippen molar-refractivity contribution in [2.75, 3.05) is 39.6 Å². The van der Waals surface area contributed by atoms with Gasteiger partial charge in [-0.25, -0.2) is 9.07 Å². The van der Waals surface area contributed by atoms with Crippen LogP contribution in [0.4, 0.5) is 4.39 Å². The molecule has 0 unspecified atom stereocenters. The number of hydrogen-bond donors (Lipinski definition) is 0. The molecule has 0 N–H and O–H groups in total. The van der Waals surface area contributed by atoms with E-state index < -0.39 is 5.82 Å². The van der Waals surface area contributed by atoms with E-state index in [1.807, 2.05) is 79.9 Å². The number of nitrogens with zero attached hydrogens (tertiary/aromatic N) is 3. The summed E-state index contributed by atoms with van der Waals surface area (Å²) in [6.45, 7) is 5.19. The van der Waals surface area contributed by atoms with Crippen LogP contribution in [-0.2, 0) is 22.4 Å². The largest absolute Gasteiger partial charge is 0.494 e. The second-order valence-corrected chi connectivity index (χ2v) is 12.6. The fraction of sp³-hybridized carbons (Fsp3) is 0.238. The van der Waals surface area contributed by atoms with E-state index in [0.717, 1.165) is 28.8 Å². The lowest BCUT2D eigenvalue weighted by Gasteiger charge is -2.09. The molecule has 11 nitrogen and oxygen atoms in total. The molecule has 0 bridgehead atoms. The van der Waals surface area contributed by atoms with Crippen LogP contribution in [-0.4, -0.2) is 54.6 Å². The van der Waals surface area contributed by atoms with Crippen LogP contribution in [0.2, 0.25) is 0 Å². The minimum Gasteiger partial charge on any atom is -0.494 e. The third-order valence-corrected chi connectivity index (χ3v) is 8.61. The van der Waals surface area contributed by atoms with Crippen LogP contribution in [0, 0.1) is 12.7 Å². The summed E-state index contributed by atoms with van der Waals surface area (Å²) in [6.07, 6.45) is 3.37. The molecule has 0 fully saturated rings. The van der Waals surface area contributed by atoms with E-state index >= 15 is 0 Å². The lowest BCUT2D eigenvalue weighted by molar-refractivity contribution is 0.0333. The predicted molar refractivity (Wildman–Crippen MR) is 202 cm³/mol. The topological polar surface area (TPSA) is 128 Å². The van der Waals surface area contributed by atoms with Gasteiger partial charge in [0.15, 0.2) is 10.9 Å². The Bertz CT molecular complexity index is 2460. The number of ether oxygens (including phenoxy) is 4. The molecule has 7 rings (SSSR count). The van der Waals surface area contributed by atoms with Gasteiger partial charge in [0.05, 0.1) is 56.0 Å². The molecule has 3 heterocycles. The highest BCUT2D eigenvalue weighted by molar-refractivity contribution is 5.80. The first-order valence-corrected chi connectivity index (χ1v) is 17.7. The minimum absolute atomic E-state index is 0.0692. The molecule has 0 spiro atoms. The molecule has 0 aliphatic carbocycles. The molecule has 276 valence electrons. The fourth-order valence-electron chi connectivity index (χ4n) is 5.82.